The number of fused-ring (bicyclic) bond motifs is 1. The van der Waals surface area contributed by atoms with Crippen LogP contribution in [0.5, 0.6) is 5.75 Å². The lowest BCUT2D eigenvalue weighted by Crippen LogP contribution is -2.35. The Bertz CT molecular complexity index is 985. The molecule has 3 N–H and O–H groups in total. The maximum atomic E-state index is 13.0. The number of nitrogens with one attached hydrogen (secondary N) is 2. The highest BCUT2D eigenvalue weighted by atomic mass is 16.5. The average Bonchev–Trinajstić information content (AvgIpc) is 2.70. The largest absolute Gasteiger partial charge is 0.490 e. The number of aliphatic hydroxyl groups excluding tert-OH is 1. The first-order valence-corrected chi connectivity index (χ1v) is 9.87. The quantitative estimate of drug-likeness (QED) is 0.539. The van der Waals surface area contributed by atoms with Crippen molar-refractivity contribution in [3.8, 4) is 5.75 Å². The highest BCUT2D eigenvalue weighted by Gasteiger charge is 2.16. The number of carbonyl (C=O) groups excluding carboxylic acids is 1. The first-order valence-electron chi connectivity index (χ1n) is 9.87. The monoisotopic (exact) mass is 392 g/mol. The van der Waals surface area contributed by atoms with Gasteiger partial charge in [0.05, 0.1) is 5.56 Å². The molecule has 0 saturated carbocycles. The molecular formula is C24H28N2O3. The summed E-state index contributed by atoms with van der Waals surface area (Å²) in [4.78, 5) is 13.0. The highest BCUT2D eigenvalue weighted by Crippen LogP contribution is 2.27. The third kappa shape index (κ3) is 5.79. The van der Waals surface area contributed by atoms with Crippen LogP contribution in [-0.4, -0.2) is 36.3 Å². The molecule has 1 atom stereocenters. The Hall–Kier alpha value is -2.89. The number of benzene rings is 3. The third-order valence-corrected chi connectivity index (χ3v) is 4.56. The molecule has 0 fully saturated rings. The number of aliphatic hydroxyl groups is 1. The van der Waals surface area contributed by atoms with E-state index >= 15 is 0 Å². The van der Waals surface area contributed by atoms with Crippen molar-refractivity contribution in [1.82, 2.24) is 5.32 Å². The van der Waals surface area contributed by atoms with Gasteiger partial charge in [-0.05, 0) is 47.5 Å². The molecule has 152 valence electrons. The molecule has 5 nitrogen and oxygen atoms in total. The summed E-state index contributed by atoms with van der Waals surface area (Å²) in [5, 5.41) is 18.2. The Morgan fingerprint density at radius 1 is 1.03 bits per heavy atom. The van der Waals surface area contributed by atoms with Gasteiger partial charge in [-0.15, -0.1) is 0 Å². The molecule has 0 aliphatic rings. The van der Waals surface area contributed by atoms with Crippen molar-refractivity contribution in [2.75, 3.05) is 18.5 Å². The molecule has 5 heteroatoms. The first-order chi connectivity index (χ1) is 13.9. The standard InChI is InChI=1S/C24H28N2O3/c1-16(2)25-14-21(27)15-29-23-13-19-9-5-4-8-18(19)12-22(23)24(28)26-20-10-6-7-17(3)11-20/h4-13,16,21,25,27H,14-15H2,1-3H3,(H,26,28). The van der Waals surface area contributed by atoms with Gasteiger partial charge < -0.3 is 20.5 Å². The van der Waals surface area contributed by atoms with Crippen LogP contribution < -0.4 is 15.4 Å². The van der Waals surface area contributed by atoms with Gasteiger partial charge in [-0.2, -0.15) is 0 Å². The number of carbonyl (C=O) groups is 1. The van der Waals surface area contributed by atoms with Crippen molar-refractivity contribution >= 4 is 22.4 Å². The van der Waals surface area contributed by atoms with E-state index in [0.29, 0.717) is 17.9 Å². The SMILES string of the molecule is Cc1cccc(NC(=O)c2cc3ccccc3cc2OCC(O)CNC(C)C)c1. The van der Waals surface area contributed by atoms with Crippen LogP contribution in [0.4, 0.5) is 5.69 Å². The molecule has 29 heavy (non-hydrogen) atoms. The number of rotatable bonds is 8. The van der Waals surface area contributed by atoms with Crippen molar-refractivity contribution in [2.45, 2.75) is 32.9 Å². The van der Waals surface area contributed by atoms with Crippen LogP contribution in [0.2, 0.25) is 0 Å². The summed E-state index contributed by atoms with van der Waals surface area (Å²) >= 11 is 0. The van der Waals surface area contributed by atoms with Crippen LogP contribution in [0.1, 0.15) is 29.8 Å². The minimum Gasteiger partial charge on any atom is -0.490 e. The zero-order chi connectivity index (χ0) is 20.8. The summed E-state index contributed by atoms with van der Waals surface area (Å²) in [5.74, 6) is 0.212. The van der Waals surface area contributed by atoms with Gasteiger partial charge in [0.2, 0.25) is 0 Å². The van der Waals surface area contributed by atoms with Crippen LogP contribution in [0, 0.1) is 6.92 Å². The molecule has 0 radical (unpaired) electrons. The fourth-order valence-corrected chi connectivity index (χ4v) is 3.05. The van der Waals surface area contributed by atoms with E-state index < -0.39 is 6.10 Å². The molecule has 0 saturated heterocycles. The van der Waals surface area contributed by atoms with Gasteiger partial charge in [0.15, 0.2) is 0 Å². The fraction of sp³-hybridized carbons (Fsp3) is 0.292. The van der Waals surface area contributed by atoms with E-state index in [4.69, 9.17) is 4.74 Å². The van der Waals surface area contributed by atoms with E-state index in [1.165, 1.54) is 0 Å². The predicted molar refractivity (Wildman–Crippen MR) is 118 cm³/mol. The second-order valence-corrected chi connectivity index (χ2v) is 7.55. The Balaban J connectivity index is 1.83. The van der Waals surface area contributed by atoms with Crippen molar-refractivity contribution in [3.05, 3.63) is 71.8 Å². The van der Waals surface area contributed by atoms with E-state index in [9.17, 15) is 9.90 Å². The lowest BCUT2D eigenvalue weighted by Gasteiger charge is -2.17. The summed E-state index contributed by atoms with van der Waals surface area (Å²) in [6.07, 6.45) is -0.670. The van der Waals surface area contributed by atoms with Crippen molar-refractivity contribution < 1.29 is 14.6 Å². The molecular weight excluding hydrogens is 364 g/mol. The third-order valence-electron chi connectivity index (χ3n) is 4.56. The van der Waals surface area contributed by atoms with Gasteiger partial charge in [-0.3, -0.25) is 4.79 Å². The Labute approximate surface area is 171 Å². The molecule has 0 aromatic heterocycles. The molecule has 3 aromatic rings. The molecule has 1 amide bonds. The smallest absolute Gasteiger partial charge is 0.259 e. The molecule has 0 aliphatic heterocycles. The zero-order valence-electron chi connectivity index (χ0n) is 17.1. The van der Waals surface area contributed by atoms with Crippen LogP contribution >= 0.6 is 0 Å². The zero-order valence-corrected chi connectivity index (χ0v) is 17.1. The van der Waals surface area contributed by atoms with Crippen molar-refractivity contribution in [2.24, 2.45) is 0 Å². The summed E-state index contributed by atoms with van der Waals surface area (Å²) in [5.41, 5.74) is 2.24. The summed E-state index contributed by atoms with van der Waals surface area (Å²) < 4.78 is 5.87. The van der Waals surface area contributed by atoms with Crippen LogP contribution in [0.3, 0.4) is 0 Å². The van der Waals surface area contributed by atoms with E-state index in [1.54, 1.807) is 0 Å². The number of anilines is 1. The van der Waals surface area contributed by atoms with Gasteiger partial charge in [-0.25, -0.2) is 0 Å². The van der Waals surface area contributed by atoms with E-state index in [-0.39, 0.29) is 18.6 Å². The minimum atomic E-state index is -0.670. The maximum Gasteiger partial charge on any atom is 0.259 e. The van der Waals surface area contributed by atoms with E-state index in [2.05, 4.69) is 10.6 Å². The number of hydrogen-bond acceptors (Lipinski definition) is 4. The molecule has 0 aliphatic carbocycles. The summed E-state index contributed by atoms with van der Waals surface area (Å²) in [7, 11) is 0. The van der Waals surface area contributed by atoms with Crippen LogP contribution in [-0.2, 0) is 0 Å². The molecule has 3 rings (SSSR count). The van der Waals surface area contributed by atoms with E-state index in [1.807, 2.05) is 81.4 Å². The molecule has 0 heterocycles. The number of hydrogen-bond donors (Lipinski definition) is 3. The number of amides is 1. The molecule has 0 spiro atoms. The van der Waals surface area contributed by atoms with E-state index in [0.717, 1.165) is 22.0 Å². The summed E-state index contributed by atoms with van der Waals surface area (Å²) in [6, 6.07) is 19.4. The van der Waals surface area contributed by atoms with Gasteiger partial charge in [0.25, 0.3) is 5.91 Å². The minimum absolute atomic E-state index is 0.1000. The predicted octanol–water partition coefficient (Wildman–Crippen LogP) is 4.14. The van der Waals surface area contributed by atoms with Gasteiger partial charge >= 0.3 is 0 Å². The second kappa shape index (κ2) is 9.54. The molecule has 1 unspecified atom stereocenters. The lowest BCUT2D eigenvalue weighted by atomic mass is 10.0. The Kier molecular flexibility index (Phi) is 6.86. The van der Waals surface area contributed by atoms with Gasteiger partial charge in [0, 0.05) is 18.3 Å². The second-order valence-electron chi connectivity index (χ2n) is 7.55. The molecule has 0 bridgehead atoms. The average molecular weight is 392 g/mol. The van der Waals surface area contributed by atoms with Crippen LogP contribution in [0.25, 0.3) is 10.8 Å². The van der Waals surface area contributed by atoms with Gasteiger partial charge in [0.1, 0.15) is 18.5 Å². The Morgan fingerprint density at radius 2 is 1.76 bits per heavy atom. The summed E-state index contributed by atoms with van der Waals surface area (Å²) in [6.45, 7) is 6.54. The van der Waals surface area contributed by atoms with Crippen LogP contribution in [0.15, 0.2) is 60.7 Å². The number of ether oxygens (including phenoxy) is 1. The lowest BCUT2D eigenvalue weighted by molar-refractivity contribution is 0.0975. The van der Waals surface area contributed by atoms with Crippen molar-refractivity contribution in [1.29, 1.82) is 0 Å². The maximum absolute atomic E-state index is 13.0. The molecule has 3 aromatic carbocycles. The highest BCUT2D eigenvalue weighted by molar-refractivity contribution is 6.08. The Morgan fingerprint density at radius 3 is 2.45 bits per heavy atom. The fourth-order valence-electron chi connectivity index (χ4n) is 3.05. The first kappa shape index (κ1) is 20.8. The van der Waals surface area contributed by atoms with Gasteiger partial charge in [-0.1, -0.05) is 50.2 Å². The normalized spacial score (nSPS) is 12.2. The van der Waals surface area contributed by atoms with Crippen molar-refractivity contribution in [3.63, 3.8) is 0 Å². The number of aryl methyl sites for hydroxylation is 1. The topological polar surface area (TPSA) is 70.6 Å².